The maximum atomic E-state index is 12.3. The lowest BCUT2D eigenvalue weighted by molar-refractivity contribution is -0.119. The summed E-state index contributed by atoms with van der Waals surface area (Å²) in [6.45, 7) is 0. The molecule has 0 aliphatic heterocycles. The van der Waals surface area contributed by atoms with Gasteiger partial charge < -0.3 is 5.32 Å². The first-order valence-electron chi connectivity index (χ1n) is 7.45. The van der Waals surface area contributed by atoms with Gasteiger partial charge in [0, 0.05) is 17.0 Å². The molecule has 0 saturated heterocycles. The van der Waals surface area contributed by atoms with Gasteiger partial charge in [-0.15, -0.1) is 10.2 Å². The van der Waals surface area contributed by atoms with Gasteiger partial charge >= 0.3 is 0 Å². The summed E-state index contributed by atoms with van der Waals surface area (Å²) in [5.41, 5.74) is 0.759. The molecule has 4 nitrogen and oxygen atoms in total. The van der Waals surface area contributed by atoms with Crippen molar-refractivity contribution >= 4 is 51.5 Å². The Bertz CT molecular complexity index is 694. The van der Waals surface area contributed by atoms with Crippen LogP contribution < -0.4 is 5.32 Å². The minimum atomic E-state index is -2.42. The third-order valence-electron chi connectivity index (χ3n) is 3.48. The normalized spacial score (nSPS) is 18.1. The van der Waals surface area contributed by atoms with Crippen molar-refractivity contribution < 1.29 is 13.6 Å². The van der Waals surface area contributed by atoms with E-state index in [2.05, 4.69) is 15.5 Å². The number of anilines is 2. The first kappa shape index (κ1) is 17.6. The molecule has 0 spiro atoms. The van der Waals surface area contributed by atoms with E-state index in [0.29, 0.717) is 34.0 Å². The van der Waals surface area contributed by atoms with E-state index < -0.39 is 5.76 Å². The highest BCUT2D eigenvalue weighted by atomic mass is 32.2. The van der Waals surface area contributed by atoms with E-state index in [1.54, 1.807) is 24.3 Å². The van der Waals surface area contributed by atoms with Crippen molar-refractivity contribution in [1.82, 2.24) is 10.2 Å². The molecular formula is C15H15F2N3OS3. The molecule has 1 heterocycles. The van der Waals surface area contributed by atoms with Gasteiger partial charge in [0.25, 0.3) is 5.76 Å². The second kappa shape index (κ2) is 8.26. The van der Waals surface area contributed by atoms with Crippen molar-refractivity contribution in [1.29, 1.82) is 0 Å². The number of hydrogen-bond acceptors (Lipinski definition) is 7. The van der Waals surface area contributed by atoms with E-state index in [4.69, 9.17) is 0 Å². The first-order chi connectivity index (χ1) is 11.6. The number of benzene rings is 1. The number of thioether (sulfide) groups is 2. The van der Waals surface area contributed by atoms with Crippen LogP contribution >= 0.6 is 34.9 Å². The summed E-state index contributed by atoms with van der Waals surface area (Å²) >= 11 is 3.39. The van der Waals surface area contributed by atoms with Crippen LogP contribution in [0.15, 0.2) is 33.5 Å². The van der Waals surface area contributed by atoms with Gasteiger partial charge in [-0.25, -0.2) is 0 Å². The van der Waals surface area contributed by atoms with Crippen molar-refractivity contribution in [3.63, 3.8) is 0 Å². The number of ketones is 1. The van der Waals surface area contributed by atoms with Crippen LogP contribution in [0, 0.1) is 0 Å². The highest BCUT2D eigenvalue weighted by molar-refractivity contribution is 8.02. The molecule has 1 aromatic heterocycles. The summed E-state index contributed by atoms with van der Waals surface area (Å²) in [7, 11) is 0. The van der Waals surface area contributed by atoms with Crippen LogP contribution in [-0.4, -0.2) is 27.0 Å². The quantitative estimate of drug-likeness (QED) is 0.688. The highest BCUT2D eigenvalue weighted by Crippen LogP contribution is 2.35. The van der Waals surface area contributed by atoms with Crippen molar-refractivity contribution in [2.24, 2.45) is 0 Å². The Labute approximate surface area is 150 Å². The fourth-order valence-corrected chi connectivity index (χ4v) is 4.99. The van der Waals surface area contributed by atoms with Crippen molar-refractivity contribution in [2.75, 3.05) is 5.32 Å². The minimum Gasteiger partial charge on any atom is -0.330 e. The van der Waals surface area contributed by atoms with E-state index >= 15 is 0 Å². The molecular weight excluding hydrogens is 372 g/mol. The number of nitrogens with one attached hydrogen (secondary N) is 1. The predicted octanol–water partition coefficient (Wildman–Crippen LogP) is 5.20. The third kappa shape index (κ3) is 4.90. The lowest BCUT2D eigenvalue weighted by Crippen LogP contribution is -2.21. The van der Waals surface area contributed by atoms with Crippen molar-refractivity contribution in [2.45, 2.75) is 45.9 Å². The monoisotopic (exact) mass is 387 g/mol. The molecule has 0 bridgehead atoms. The number of rotatable bonds is 6. The SMILES string of the molecule is O=C1CCCCC1Sc1nnc(Nc2ccc(SC(F)F)cc2)s1. The smallest absolute Gasteiger partial charge is 0.288 e. The van der Waals surface area contributed by atoms with Crippen LogP contribution in [0.4, 0.5) is 19.6 Å². The van der Waals surface area contributed by atoms with Gasteiger partial charge in [0.15, 0.2) is 4.34 Å². The lowest BCUT2D eigenvalue weighted by atomic mass is 9.99. The van der Waals surface area contributed by atoms with Gasteiger partial charge in [-0.3, -0.25) is 4.79 Å². The number of carbonyl (C=O) groups is 1. The number of nitrogens with zero attached hydrogens (tertiary/aromatic N) is 2. The average Bonchev–Trinajstić information content (AvgIpc) is 2.98. The fourth-order valence-electron chi connectivity index (χ4n) is 2.35. The van der Waals surface area contributed by atoms with Crippen LogP contribution in [0.2, 0.25) is 0 Å². The molecule has 1 N–H and O–H groups in total. The molecule has 2 aromatic rings. The van der Waals surface area contributed by atoms with Gasteiger partial charge in [-0.1, -0.05) is 41.3 Å². The summed E-state index contributed by atoms with van der Waals surface area (Å²) in [5, 5.41) is 11.9. The molecule has 1 unspecified atom stereocenters. The molecule has 1 saturated carbocycles. The molecule has 1 aliphatic carbocycles. The maximum absolute atomic E-state index is 12.3. The molecule has 3 rings (SSSR count). The maximum Gasteiger partial charge on any atom is 0.288 e. The number of hydrogen-bond donors (Lipinski definition) is 1. The molecule has 1 aromatic carbocycles. The average molecular weight is 388 g/mol. The van der Waals surface area contributed by atoms with Gasteiger partial charge in [0.1, 0.15) is 5.78 Å². The summed E-state index contributed by atoms with van der Waals surface area (Å²) in [6, 6.07) is 6.72. The summed E-state index contributed by atoms with van der Waals surface area (Å²) in [6.07, 6.45) is 3.62. The minimum absolute atomic E-state index is 0.00907. The number of carbonyl (C=O) groups excluding carboxylic acids is 1. The first-order valence-corrected chi connectivity index (χ1v) is 10.0. The number of halogens is 2. The van der Waals surface area contributed by atoms with E-state index in [9.17, 15) is 13.6 Å². The molecule has 1 aliphatic rings. The van der Waals surface area contributed by atoms with Gasteiger partial charge in [0.05, 0.1) is 5.25 Å². The third-order valence-corrected chi connectivity index (χ3v) is 6.44. The summed E-state index contributed by atoms with van der Waals surface area (Å²) in [4.78, 5) is 12.4. The second-order valence-electron chi connectivity index (χ2n) is 5.22. The largest absolute Gasteiger partial charge is 0.330 e. The number of alkyl halides is 2. The number of aromatic nitrogens is 2. The molecule has 1 atom stereocenters. The van der Waals surface area contributed by atoms with E-state index in [1.807, 2.05) is 0 Å². The van der Waals surface area contributed by atoms with Crippen LogP contribution in [0.25, 0.3) is 0 Å². The number of Topliss-reactive ketones (excluding diaryl/α,β-unsaturated/α-hetero) is 1. The van der Waals surface area contributed by atoms with E-state index in [1.165, 1.54) is 23.1 Å². The molecule has 0 radical (unpaired) electrons. The van der Waals surface area contributed by atoms with E-state index in [-0.39, 0.29) is 5.25 Å². The lowest BCUT2D eigenvalue weighted by Gasteiger charge is -2.17. The Morgan fingerprint density at radius 1 is 1.21 bits per heavy atom. The standard InChI is InChI=1S/C15H15F2N3OS3/c16-13(17)22-10-7-5-9(6-8-10)18-14-19-20-15(24-14)23-12-4-2-1-3-11(12)21/h5-8,12-13H,1-4H2,(H,18,19). The zero-order chi connectivity index (χ0) is 16.9. The summed E-state index contributed by atoms with van der Waals surface area (Å²) in [5.74, 6) is -2.13. The van der Waals surface area contributed by atoms with E-state index in [0.717, 1.165) is 29.3 Å². The van der Waals surface area contributed by atoms with Crippen molar-refractivity contribution in [3.05, 3.63) is 24.3 Å². The Balaban J connectivity index is 1.58. The zero-order valence-corrected chi connectivity index (χ0v) is 15.0. The molecule has 128 valence electrons. The molecule has 9 heteroatoms. The topological polar surface area (TPSA) is 54.9 Å². The Hall–Kier alpha value is -1.19. The molecule has 0 amide bonds. The molecule has 24 heavy (non-hydrogen) atoms. The second-order valence-corrected chi connectivity index (χ2v) is 8.71. The zero-order valence-electron chi connectivity index (χ0n) is 12.6. The highest BCUT2D eigenvalue weighted by Gasteiger charge is 2.24. The van der Waals surface area contributed by atoms with Crippen molar-refractivity contribution in [3.8, 4) is 0 Å². The van der Waals surface area contributed by atoms with Gasteiger partial charge in [-0.05, 0) is 37.1 Å². The van der Waals surface area contributed by atoms with Gasteiger partial charge in [0.2, 0.25) is 5.13 Å². The predicted molar refractivity (Wildman–Crippen MR) is 94.6 cm³/mol. The fraction of sp³-hybridized carbons (Fsp3) is 0.400. The van der Waals surface area contributed by atoms with Crippen LogP contribution in [0.3, 0.4) is 0 Å². The molecule has 1 fully saturated rings. The van der Waals surface area contributed by atoms with Crippen LogP contribution in [0.5, 0.6) is 0 Å². The summed E-state index contributed by atoms with van der Waals surface area (Å²) < 4.78 is 25.4. The van der Waals surface area contributed by atoms with Crippen LogP contribution in [0.1, 0.15) is 25.7 Å². The Morgan fingerprint density at radius 2 is 2.00 bits per heavy atom. The van der Waals surface area contributed by atoms with Gasteiger partial charge in [-0.2, -0.15) is 8.78 Å². The van der Waals surface area contributed by atoms with Crippen LogP contribution in [-0.2, 0) is 4.79 Å². The Kier molecular flexibility index (Phi) is 6.07. The Morgan fingerprint density at radius 3 is 2.71 bits per heavy atom.